The zero-order valence-electron chi connectivity index (χ0n) is 21.2. The molecule has 0 bridgehead atoms. The van der Waals surface area contributed by atoms with Crippen LogP contribution in [0.3, 0.4) is 0 Å². The minimum absolute atomic E-state index is 0.0146. The van der Waals surface area contributed by atoms with Gasteiger partial charge >= 0.3 is 6.09 Å². The molecule has 0 aliphatic carbocycles. The fraction of sp³-hybridized carbons (Fsp3) is 0.462. The van der Waals surface area contributed by atoms with Crippen molar-refractivity contribution in [1.82, 2.24) is 5.32 Å². The van der Waals surface area contributed by atoms with Gasteiger partial charge in [-0.1, -0.05) is 49.4 Å². The lowest BCUT2D eigenvalue weighted by molar-refractivity contribution is 0.0492. The summed E-state index contributed by atoms with van der Waals surface area (Å²) >= 11 is 0. The molecule has 2 aromatic rings. The van der Waals surface area contributed by atoms with E-state index in [1.807, 2.05) is 43.3 Å². The van der Waals surface area contributed by atoms with Crippen LogP contribution >= 0.6 is 0 Å². The standard InChI is InChI=1S/C26H36N2O5S/c1-17(2)32-24(28-34(30,31)22-16-18(3)14-15-19(22)4)20(5)23(21-12-10-9-11-13-21)27-25(29)33-26(6,7)8/h9-17,20,23H,1-8H3,(H,27,29)/b28-24+/t20-,23+/m0/s1. The van der Waals surface area contributed by atoms with Gasteiger partial charge in [0.15, 0.2) is 0 Å². The van der Waals surface area contributed by atoms with Crippen LogP contribution in [-0.2, 0) is 19.5 Å². The predicted molar refractivity (Wildman–Crippen MR) is 134 cm³/mol. The molecule has 1 amide bonds. The second-order valence-electron chi connectivity index (χ2n) is 9.66. The van der Waals surface area contributed by atoms with Gasteiger partial charge in [0.25, 0.3) is 10.0 Å². The second-order valence-corrected chi connectivity index (χ2v) is 11.2. The molecule has 34 heavy (non-hydrogen) atoms. The van der Waals surface area contributed by atoms with Gasteiger partial charge in [-0.15, -0.1) is 4.40 Å². The molecule has 0 aliphatic rings. The van der Waals surface area contributed by atoms with Crippen molar-refractivity contribution in [2.24, 2.45) is 10.3 Å². The number of amides is 1. The van der Waals surface area contributed by atoms with Crippen LogP contribution < -0.4 is 5.32 Å². The third kappa shape index (κ3) is 7.87. The highest BCUT2D eigenvalue weighted by Crippen LogP contribution is 2.27. The molecule has 0 aromatic heterocycles. The summed E-state index contributed by atoms with van der Waals surface area (Å²) in [5.41, 5.74) is 1.49. The SMILES string of the molecule is Cc1ccc(C)c(S(=O)(=O)/N=C(/OC(C)C)[C@@H](C)[C@@H](NC(=O)OC(C)(C)C)c2ccccc2)c1. The van der Waals surface area contributed by atoms with E-state index in [2.05, 4.69) is 9.71 Å². The van der Waals surface area contributed by atoms with E-state index in [9.17, 15) is 13.2 Å². The number of sulfonamides is 1. The Kier molecular flexibility index (Phi) is 8.89. The monoisotopic (exact) mass is 488 g/mol. The summed E-state index contributed by atoms with van der Waals surface area (Å²) in [7, 11) is -4.06. The number of rotatable bonds is 7. The number of nitrogens with zero attached hydrogens (tertiary/aromatic N) is 1. The molecule has 2 atom stereocenters. The van der Waals surface area contributed by atoms with E-state index in [1.54, 1.807) is 60.6 Å². The Labute approximate surface area is 203 Å². The maximum atomic E-state index is 13.3. The number of nitrogens with one attached hydrogen (secondary N) is 1. The zero-order chi connectivity index (χ0) is 25.7. The lowest BCUT2D eigenvalue weighted by atomic mass is 9.94. The smallest absolute Gasteiger partial charge is 0.408 e. The van der Waals surface area contributed by atoms with Crippen molar-refractivity contribution in [3.05, 3.63) is 65.2 Å². The first kappa shape index (κ1) is 27.4. The molecule has 0 radical (unpaired) electrons. The number of carbonyl (C=O) groups is 1. The highest BCUT2D eigenvalue weighted by atomic mass is 32.2. The molecule has 2 aromatic carbocycles. The van der Waals surface area contributed by atoms with Crippen LogP contribution in [0.1, 0.15) is 64.3 Å². The Bertz CT molecular complexity index is 1120. The van der Waals surface area contributed by atoms with Crippen molar-refractivity contribution < 1.29 is 22.7 Å². The van der Waals surface area contributed by atoms with Crippen LogP contribution in [0.15, 0.2) is 57.8 Å². The van der Waals surface area contributed by atoms with Crippen molar-refractivity contribution in [3.63, 3.8) is 0 Å². The van der Waals surface area contributed by atoms with Gasteiger partial charge in [0, 0.05) is 0 Å². The molecule has 7 nitrogen and oxygen atoms in total. The molecular weight excluding hydrogens is 452 g/mol. The molecule has 2 rings (SSSR count). The lowest BCUT2D eigenvalue weighted by Gasteiger charge is -2.29. The first-order valence-electron chi connectivity index (χ1n) is 11.3. The molecule has 0 fully saturated rings. The molecular formula is C26H36N2O5S. The molecule has 0 unspecified atom stereocenters. The summed E-state index contributed by atoms with van der Waals surface area (Å²) in [5, 5.41) is 2.87. The van der Waals surface area contributed by atoms with Gasteiger partial charge in [0.1, 0.15) is 5.60 Å². The molecule has 0 saturated heterocycles. The maximum absolute atomic E-state index is 13.3. The number of hydrogen-bond acceptors (Lipinski definition) is 5. The minimum Gasteiger partial charge on any atom is -0.477 e. The maximum Gasteiger partial charge on any atom is 0.408 e. The van der Waals surface area contributed by atoms with Gasteiger partial charge in [0.2, 0.25) is 5.90 Å². The van der Waals surface area contributed by atoms with Crippen LogP contribution in [0.25, 0.3) is 0 Å². The number of ether oxygens (including phenoxy) is 2. The van der Waals surface area contributed by atoms with Crippen molar-refractivity contribution in [1.29, 1.82) is 0 Å². The molecule has 1 N–H and O–H groups in total. The van der Waals surface area contributed by atoms with Gasteiger partial charge in [0.05, 0.1) is 23.0 Å². The van der Waals surface area contributed by atoms with Crippen molar-refractivity contribution in [2.45, 2.75) is 78.0 Å². The summed E-state index contributed by atoms with van der Waals surface area (Å²) < 4.78 is 42.1. The molecule has 0 spiro atoms. The van der Waals surface area contributed by atoms with E-state index >= 15 is 0 Å². The van der Waals surface area contributed by atoms with Crippen LogP contribution in [0.2, 0.25) is 0 Å². The van der Waals surface area contributed by atoms with E-state index < -0.39 is 33.7 Å². The minimum atomic E-state index is -4.06. The number of alkyl carbamates (subject to hydrolysis) is 1. The Hall–Kier alpha value is -2.87. The van der Waals surface area contributed by atoms with Crippen molar-refractivity contribution in [3.8, 4) is 0 Å². The zero-order valence-corrected chi connectivity index (χ0v) is 22.1. The summed E-state index contributed by atoms with van der Waals surface area (Å²) in [6.07, 6.45) is -0.942. The third-order valence-corrected chi connectivity index (χ3v) is 6.32. The van der Waals surface area contributed by atoms with E-state index in [0.717, 1.165) is 11.1 Å². The highest BCUT2D eigenvalue weighted by molar-refractivity contribution is 7.90. The van der Waals surface area contributed by atoms with Crippen LogP contribution in [-0.4, -0.2) is 32.1 Å². The average Bonchev–Trinajstić information content (AvgIpc) is 2.71. The predicted octanol–water partition coefficient (Wildman–Crippen LogP) is 5.72. The first-order valence-corrected chi connectivity index (χ1v) is 12.8. The molecule has 186 valence electrons. The summed E-state index contributed by atoms with van der Waals surface area (Å²) in [4.78, 5) is 12.8. The van der Waals surface area contributed by atoms with Gasteiger partial charge in [-0.25, -0.2) is 4.79 Å². The Balaban J connectivity index is 2.54. The van der Waals surface area contributed by atoms with Crippen molar-refractivity contribution in [2.75, 3.05) is 0 Å². The van der Waals surface area contributed by atoms with Crippen LogP contribution in [0, 0.1) is 19.8 Å². The average molecular weight is 489 g/mol. The van der Waals surface area contributed by atoms with Crippen LogP contribution in [0.4, 0.5) is 4.79 Å². The highest BCUT2D eigenvalue weighted by Gasteiger charge is 2.31. The topological polar surface area (TPSA) is 94.1 Å². The molecule has 0 aliphatic heterocycles. The Morgan fingerprint density at radius 1 is 1.00 bits per heavy atom. The van der Waals surface area contributed by atoms with E-state index in [0.29, 0.717) is 5.56 Å². The van der Waals surface area contributed by atoms with E-state index in [1.165, 1.54) is 0 Å². The molecule has 0 heterocycles. The van der Waals surface area contributed by atoms with Crippen LogP contribution in [0.5, 0.6) is 0 Å². The summed E-state index contributed by atoms with van der Waals surface area (Å²) in [6, 6.07) is 13.8. The Morgan fingerprint density at radius 2 is 1.62 bits per heavy atom. The largest absolute Gasteiger partial charge is 0.477 e. The van der Waals surface area contributed by atoms with Crippen molar-refractivity contribution >= 4 is 22.0 Å². The third-order valence-electron chi connectivity index (χ3n) is 4.91. The molecule has 8 heteroatoms. The fourth-order valence-electron chi connectivity index (χ4n) is 3.34. The lowest BCUT2D eigenvalue weighted by Crippen LogP contribution is -2.40. The van der Waals surface area contributed by atoms with Gasteiger partial charge < -0.3 is 14.8 Å². The van der Waals surface area contributed by atoms with Gasteiger partial charge in [-0.05, 0) is 71.2 Å². The summed E-state index contributed by atoms with van der Waals surface area (Å²) in [5.74, 6) is -0.599. The fourth-order valence-corrected chi connectivity index (χ4v) is 4.70. The van der Waals surface area contributed by atoms with Gasteiger partial charge in [-0.2, -0.15) is 8.42 Å². The quantitative estimate of drug-likeness (QED) is 0.397. The van der Waals surface area contributed by atoms with E-state index in [-0.39, 0.29) is 16.9 Å². The molecule has 0 saturated carbocycles. The number of benzene rings is 2. The number of carbonyl (C=O) groups excluding carboxylic acids is 1. The first-order chi connectivity index (χ1) is 15.7. The summed E-state index contributed by atoms with van der Waals surface area (Å²) in [6.45, 7) is 14.3. The number of aryl methyl sites for hydroxylation is 2. The van der Waals surface area contributed by atoms with Gasteiger partial charge in [-0.3, -0.25) is 0 Å². The Morgan fingerprint density at radius 3 is 2.18 bits per heavy atom. The second kappa shape index (κ2) is 11.0. The normalized spacial score (nSPS) is 14.4. The van der Waals surface area contributed by atoms with E-state index in [4.69, 9.17) is 9.47 Å². The number of hydrogen-bond donors (Lipinski definition) is 1.